The van der Waals surface area contributed by atoms with Gasteiger partial charge in [-0.05, 0) is 13.0 Å². The Morgan fingerprint density at radius 2 is 1.88 bits per heavy atom. The summed E-state index contributed by atoms with van der Waals surface area (Å²) in [6, 6.07) is 1.38. The van der Waals surface area contributed by atoms with Gasteiger partial charge in [-0.2, -0.15) is 8.78 Å². The molecule has 0 aliphatic rings. The number of hydrogen-bond donors (Lipinski definition) is 0. The van der Waals surface area contributed by atoms with Crippen LogP contribution in [0, 0.1) is 0 Å². The van der Waals surface area contributed by atoms with Gasteiger partial charge in [0.15, 0.2) is 0 Å². The van der Waals surface area contributed by atoms with E-state index in [1.54, 1.807) is 0 Å². The maximum absolute atomic E-state index is 13.1. The van der Waals surface area contributed by atoms with E-state index in [-0.39, 0.29) is 6.61 Å². The van der Waals surface area contributed by atoms with Crippen molar-refractivity contribution in [3.63, 3.8) is 0 Å². The van der Waals surface area contributed by atoms with Crippen LogP contribution in [0.15, 0.2) is 18.5 Å². The van der Waals surface area contributed by atoms with Crippen molar-refractivity contribution in [3.8, 4) is 0 Å². The second-order valence-electron chi connectivity index (χ2n) is 2.37. The summed E-state index contributed by atoms with van der Waals surface area (Å²) in [5.41, 5.74) is 0. The standard InChI is InChI=1S/C8H8F2N2O2.C2H6/c1-2-14-7(13)8(9,10)6-11-4-3-5-12-6;1-2/h3-5H,2H2,1H3;1-2H3. The van der Waals surface area contributed by atoms with Gasteiger partial charge in [-0.3, -0.25) is 0 Å². The molecule has 0 spiro atoms. The molecule has 6 heteroatoms. The summed E-state index contributed by atoms with van der Waals surface area (Å²) in [5, 5.41) is 0. The lowest BCUT2D eigenvalue weighted by Crippen LogP contribution is -2.30. The van der Waals surface area contributed by atoms with Crippen molar-refractivity contribution in [2.45, 2.75) is 26.7 Å². The second-order valence-corrected chi connectivity index (χ2v) is 2.37. The molecule has 0 saturated carbocycles. The first-order valence-electron chi connectivity index (χ1n) is 4.91. The van der Waals surface area contributed by atoms with E-state index in [9.17, 15) is 13.6 Å². The minimum absolute atomic E-state index is 0.110. The van der Waals surface area contributed by atoms with Gasteiger partial charge in [0.1, 0.15) is 0 Å². The molecule has 1 rings (SSSR count). The average Bonchev–Trinajstić information content (AvgIpc) is 2.33. The van der Waals surface area contributed by atoms with Crippen molar-refractivity contribution in [1.82, 2.24) is 9.97 Å². The average molecular weight is 232 g/mol. The summed E-state index contributed by atoms with van der Waals surface area (Å²) in [6.45, 7) is 5.33. The molecule has 4 nitrogen and oxygen atoms in total. The fourth-order valence-electron chi connectivity index (χ4n) is 0.774. The third-order valence-electron chi connectivity index (χ3n) is 1.38. The minimum atomic E-state index is -3.78. The topological polar surface area (TPSA) is 52.1 Å². The number of hydrogen-bond acceptors (Lipinski definition) is 4. The van der Waals surface area contributed by atoms with Crippen molar-refractivity contribution in [1.29, 1.82) is 0 Å². The van der Waals surface area contributed by atoms with E-state index in [4.69, 9.17) is 0 Å². The van der Waals surface area contributed by atoms with Crippen LogP contribution < -0.4 is 0 Å². The Hall–Kier alpha value is -1.59. The van der Waals surface area contributed by atoms with Gasteiger partial charge >= 0.3 is 11.9 Å². The summed E-state index contributed by atoms with van der Waals surface area (Å²) in [5.74, 6) is -6.26. The van der Waals surface area contributed by atoms with Crippen molar-refractivity contribution in [2.75, 3.05) is 6.61 Å². The number of halogens is 2. The van der Waals surface area contributed by atoms with Gasteiger partial charge in [0.25, 0.3) is 0 Å². The van der Waals surface area contributed by atoms with Crippen molar-refractivity contribution in [3.05, 3.63) is 24.3 Å². The van der Waals surface area contributed by atoms with Crippen LogP contribution in [0.5, 0.6) is 0 Å². The molecule has 0 amide bonds. The zero-order valence-corrected chi connectivity index (χ0v) is 9.41. The number of alkyl halides is 2. The van der Waals surface area contributed by atoms with Crippen LogP contribution in [-0.4, -0.2) is 22.5 Å². The molecule has 1 heterocycles. The highest BCUT2D eigenvalue weighted by Gasteiger charge is 2.45. The van der Waals surface area contributed by atoms with Crippen LogP contribution in [0.3, 0.4) is 0 Å². The lowest BCUT2D eigenvalue weighted by Gasteiger charge is -2.11. The predicted molar refractivity (Wildman–Crippen MR) is 53.9 cm³/mol. The van der Waals surface area contributed by atoms with Crippen LogP contribution >= 0.6 is 0 Å². The Morgan fingerprint density at radius 1 is 1.38 bits per heavy atom. The quantitative estimate of drug-likeness (QED) is 0.749. The molecule has 0 radical (unpaired) electrons. The number of carbonyl (C=O) groups is 1. The fourth-order valence-corrected chi connectivity index (χ4v) is 0.774. The van der Waals surface area contributed by atoms with Crippen LogP contribution in [0.2, 0.25) is 0 Å². The molecule has 1 aromatic heterocycles. The van der Waals surface area contributed by atoms with E-state index >= 15 is 0 Å². The smallest absolute Gasteiger partial charge is 0.401 e. The molecule has 90 valence electrons. The van der Waals surface area contributed by atoms with E-state index < -0.39 is 17.7 Å². The number of carbonyl (C=O) groups excluding carboxylic acids is 1. The van der Waals surface area contributed by atoms with Crippen LogP contribution in [-0.2, 0) is 15.5 Å². The molecule has 0 unspecified atom stereocenters. The molecule has 0 fully saturated rings. The third kappa shape index (κ3) is 3.52. The first kappa shape index (κ1) is 14.4. The number of aromatic nitrogens is 2. The molecule has 1 aromatic rings. The van der Waals surface area contributed by atoms with Crippen LogP contribution in [0.1, 0.15) is 26.6 Å². The predicted octanol–water partition coefficient (Wildman–Crippen LogP) is 2.16. The van der Waals surface area contributed by atoms with Gasteiger partial charge in [0, 0.05) is 12.4 Å². The Kier molecular flexibility index (Phi) is 6.14. The van der Waals surface area contributed by atoms with E-state index in [1.807, 2.05) is 13.8 Å². The highest BCUT2D eigenvalue weighted by molar-refractivity contribution is 5.78. The van der Waals surface area contributed by atoms with Gasteiger partial charge in [0.05, 0.1) is 6.61 Å². The molecular weight excluding hydrogens is 218 g/mol. The lowest BCUT2D eigenvalue weighted by molar-refractivity contribution is -0.174. The first-order chi connectivity index (χ1) is 7.59. The molecule has 0 bridgehead atoms. The Morgan fingerprint density at radius 3 is 2.31 bits per heavy atom. The Bertz CT molecular complexity index is 318. The summed E-state index contributed by atoms with van der Waals surface area (Å²) < 4.78 is 30.5. The molecule has 16 heavy (non-hydrogen) atoms. The van der Waals surface area contributed by atoms with Crippen molar-refractivity contribution in [2.24, 2.45) is 0 Å². The van der Waals surface area contributed by atoms with Crippen LogP contribution in [0.25, 0.3) is 0 Å². The van der Waals surface area contributed by atoms with E-state index in [0.717, 1.165) is 12.4 Å². The van der Waals surface area contributed by atoms with E-state index in [0.29, 0.717) is 0 Å². The highest BCUT2D eigenvalue weighted by Crippen LogP contribution is 2.25. The maximum Gasteiger partial charge on any atom is 0.401 e. The summed E-state index contributed by atoms with van der Waals surface area (Å²) in [7, 11) is 0. The Labute approximate surface area is 92.7 Å². The van der Waals surface area contributed by atoms with Gasteiger partial charge in [-0.15, -0.1) is 0 Å². The number of nitrogens with zero attached hydrogens (tertiary/aromatic N) is 2. The summed E-state index contributed by atoms with van der Waals surface area (Å²) >= 11 is 0. The van der Waals surface area contributed by atoms with Crippen molar-refractivity contribution < 1.29 is 18.3 Å². The Balaban J connectivity index is 0.00000106. The highest BCUT2D eigenvalue weighted by atomic mass is 19.3. The molecule has 0 aromatic carbocycles. The van der Waals surface area contributed by atoms with Crippen LogP contribution in [0.4, 0.5) is 8.78 Å². The van der Waals surface area contributed by atoms with Gasteiger partial charge in [-0.25, -0.2) is 14.8 Å². The largest absolute Gasteiger partial charge is 0.461 e. The zero-order valence-electron chi connectivity index (χ0n) is 9.41. The SMILES string of the molecule is CC.CCOC(=O)C(F)(F)c1ncccn1. The molecule has 0 N–H and O–H groups in total. The van der Waals surface area contributed by atoms with Gasteiger partial charge in [0.2, 0.25) is 5.82 Å². The number of rotatable bonds is 3. The van der Waals surface area contributed by atoms with Gasteiger partial charge in [-0.1, -0.05) is 13.8 Å². The molecule has 0 aliphatic carbocycles. The monoisotopic (exact) mass is 232 g/mol. The molecule has 0 atom stereocenters. The van der Waals surface area contributed by atoms with E-state index in [1.165, 1.54) is 13.0 Å². The fraction of sp³-hybridized carbons (Fsp3) is 0.500. The summed E-state index contributed by atoms with van der Waals surface area (Å²) in [4.78, 5) is 17.4. The number of esters is 1. The normalized spacial score (nSPS) is 10.1. The van der Waals surface area contributed by atoms with E-state index in [2.05, 4.69) is 14.7 Å². The minimum Gasteiger partial charge on any atom is -0.461 e. The summed E-state index contributed by atoms with van der Waals surface area (Å²) in [6.07, 6.45) is 2.27. The molecular formula is C10H14F2N2O2. The van der Waals surface area contributed by atoms with Crippen molar-refractivity contribution >= 4 is 5.97 Å². The first-order valence-corrected chi connectivity index (χ1v) is 4.91. The number of ether oxygens (including phenoxy) is 1. The lowest BCUT2D eigenvalue weighted by atomic mass is 10.3. The second kappa shape index (κ2) is 6.81. The maximum atomic E-state index is 13.1. The molecule has 0 saturated heterocycles. The van der Waals surface area contributed by atoms with Gasteiger partial charge < -0.3 is 4.74 Å². The third-order valence-corrected chi connectivity index (χ3v) is 1.38. The molecule has 0 aliphatic heterocycles. The zero-order chi connectivity index (χ0) is 12.6.